The molecule has 2 N–H and O–H groups in total. The highest BCUT2D eigenvalue weighted by Gasteiger charge is 2.38. The summed E-state index contributed by atoms with van der Waals surface area (Å²) >= 11 is 0. The molecular weight excluding hydrogens is 404 g/mol. The summed E-state index contributed by atoms with van der Waals surface area (Å²) in [4.78, 5) is 25.9. The third kappa shape index (κ3) is 6.36. The van der Waals surface area contributed by atoms with Gasteiger partial charge in [0.2, 0.25) is 0 Å². The molecule has 0 aromatic heterocycles. The SMILES string of the molecule is CCCOC(=O)C1=C(Nc2ccccc2)CC(C(=O)OCCC)C(Nc2ccccc2)C1. The zero-order chi connectivity index (χ0) is 22.8. The molecule has 1 aliphatic carbocycles. The number of rotatable bonds is 10. The molecule has 6 heteroatoms. The van der Waals surface area contributed by atoms with Crippen LogP contribution in [0.4, 0.5) is 11.4 Å². The fraction of sp³-hybridized carbons (Fsp3) is 0.385. The van der Waals surface area contributed by atoms with E-state index in [-0.39, 0.29) is 18.0 Å². The van der Waals surface area contributed by atoms with Gasteiger partial charge in [-0.3, -0.25) is 4.79 Å². The van der Waals surface area contributed by atoms with Crippen LogP contribution in [0.5, 0.6) is 0 Å². The maximum absolute atomic E-state index is 13.0. The van der Waals surface area contributed by atoms with Crippen molar-refractivity contribution in [3.05, 3.63) is 71.9 Å². The topological polar surface area (TPSA) is 76.7 Å². The van der Waals surface area contributed by atoms with Crippen LogP contribution >= 0.6 is 0 Å². The van der Waals surface area contributed by atoms with Crippen molar-refractivity contribution in [2.75, 3.05) is 23.8 Å². The maximum Gasteiger partial charge on any atom is 0.335 e. The second-order valence-electron chi connectivity index (χ2n) is 7.88. The number of allylic oxidation sites excluding steroid dienone is 1. The Labute approximate surface area is 190 Å². The lowest BCUT2D eigenvalue weighted by atomic mass is 9.82. The van der Waals surface area contributed by atoms with Crippen LogP contribution in [-0.4, -0.2) is 31.2 Å². The van der Waals surface area contributed by atoms with E-state index in [0.29, 0.717) is 37.3 Å². The second kappa shape index (κ2) is 11.9. The third-order valence-corrected chi connectivity index (χ3v) is 5.33. The molecule has 2 atom stereocenters. The quantitative estimate of drug-likeness (QED) is 0.502. The Morgan fingerprint density at radius 2 is 1.44 bits per heavy atom. The van der Waals surface area contributed by atoms with Crippen LogP contribution in [0.3, 0.4) is 0 Å². The highest BCUT2D eigenvalue weighted by Crippen LogP contribution is 2.34. The summed E-state index contributed by atoms with van der Waals surface area (Å²) in [5.74, 6) is -1.03. The molecule has 0 bridgehead atoms. The average Bonchev–Trinajstić information content (AvgIpc) is 2.83. The molecule has 0 amide bonds. The van der Waals surface area contributed by atoms with Gasteiger partial charge in [-0.15, -0.1) is 0 Å². The summed E-state index contributed by atoms with van der Waals surface area (Å²) in [7, 11) is 0. The third-order valence-electron chi connectivity index (χ3n) is 5.33. The van der Waals surface area contributed by atoms with Gasteiger partial charge in [0.1, 0.15) is 0 Å². The van der Waals surface area contributed by atoms with E-state index in [1.807, 2.05) is 74.5 Å². The molecule has 6 nitrogen and oxygen atoms in total. The summed E-state index contributed by atoms with van der Waals surface area (Å²) < 4.78 is 11.0. The number of carbonyl (C=O) groups excluding carboxylic acids is 2. The van der Waals surface area contributed by atoms with Crippen molar-refractivity contribution in [2.24, 2.45) is 5.92 Å². The number of para-hydroxylation sites is 2. The summed E-state index contributed by atoms with van der Waals surface area (Å²) in [6.07, 6.45) is 2.23. The molecule has 0 spiro atoms. The van der Waals surface area contributed by atoms with Crippen molar-refractivity contribution >= 4 is 23.3 Å². The minimum Gasteiger partial charge on any atom is -0.465 e. The lowest BCUT2D eigenvalue weighted by molar-refractivity contribution is -0.150. The second-order valence-corrected chi connectivity index (χ2v) is 7.88. The van der Waals surface area contributed by atoms with Crippen LogP contribution in [0.2, 0.25) is 0 Å². The minimum absolute atomic E-state index is 0.256. The van der Waals surface area contributed by atoms with Gasteiger partial charge in [-0.1, -0.05) is 50.2 Å². The number of nitrogens with one attached hydrogen (secondary N) is 2. The van der Waals surface area contributed by atoms with Gasteiger partial charge in [-0.2, -0.15) is 0 Å². The van der Waals surface area contributed by atoms with E-state index < -0.39 is 5.92 Å². The number of anilines is 2. The number of esters is 2. The molecule has 32 heavy (non-hydrogen) atoms. The highest BCUT2D eigenvalue weighted by atomic mass is 16.5. The van der Waals surface area contributed by atoms with E-state index >= 15 is 0 Å². The Kier molecular flexibility index (Phi) is 8.72. The highest BCUT2D eigenvalue weighted by molar-refractivity contribution is 5.91. The van der Waals surface area contributed by atoms with E-state index in [9.17, 15) is 9.59 Å². The standard InChI is InChI=1S/C26H32N2O4/c1-3-15-31-25(29)21-17-24(28-20-13-9-6-10-14-20)22(26(30)32-16-4-2)18-23(21)27-19-11-7-5-8-12-19/h5-14,21,23,27-28H,3-4,15-18H2,1-2H3. The Bertz CT molecular complexity index is 912. The molecular formula is C26H32N2O4. The zero-order valence-electron chi connectivity index (χ0n) is 18.8. The van der Waals surface area contributed by atoms with Gasteiger partial charge in [0.15, 0.2) is 0 Å². The summed E-state index contributed by atoms with van der Waals surface area (Å²) in [6, 6.07) is 19.1. The zero-order valence-corrected chi connectivity index (χ0v) is 18.8. The fourth-order valence-corrected chi connectivity index (χ4v) is 3.74. The summed E-state index contributed by atoms with van der Waals surface area (Å²) in [6.45, 7) is 4.67. The first kappa shape index (κ1) is 23.4. The largest absolute Gasteiger partial charge is 0.465 e. The van der Waals surface area contributed by atoms with Crippen molar-refractivity contribution in [1.82, 2.24) is 0 Å². The Balaban J connectivity index is 1.93. The monoisotopic (exact) mass is 436 g/mol. The van der Waals surface area contributed by atoms with E-state index in [1.54, 1.807) is 0 Å². The van der Waals surface area contributed by atoms with Crippen molar-refractivity contribution in [3.63, 3.8) is 0 Å². The fourth-order valence-electron chi connectivity index (χ4n) is 3.74. The maximum atomic E-state index is 13.0. The molecule has 170 valence electrons. The normalized spacial score (nSPS) is 18.1. The molecule has 2 unspecified atom stereocenters. The summed E-state index contributed by atoms with van der Waals surface area (Å²) in [5.41, 5.74) is 3.03. The molecule has 1 aliphatic rings. The van der Waals surface area contributed by atoms with Gasteiger partial charge < -0.3 is 20.1 Å². The Morgan fingerprint density at radius 1 is 0.844 bits per heavy atom. The molecule has 0 heterocycles. The Hall–Kier alpha value is -3.28. The molecule has 3 rings (SSSR count). The van der Waals surface area contributed by atoms with Crippen molar-refractivity contribution in [3.8, 4) is 0 Å². The van der Waals surface area contributed by atoms with Crippen LogP contribution < -0.4 is 10.6 Å². The van der Waals surface area contributed by atoms with Gasteiger partial charge in [0.05, 0.1) is 24.7 Å². The van der Waals surface area contributed by atoms with E-state index in [1.165, 1.54) is 0 Å². The van der Waals surface area contributed by atoms with E-state index in [4.69, 9.17) is 9.47 Å². The van der Waals surface area contributed by atoms with Gasteiger partial charge >= 0.3 is 11.9 Å². The molecule has 0 aliphatic heterocycles. The smallest absolute Gasteiger partial charge is 0.335 e. The van der Waals surface area contributed by atoms with Crippen LogP contribution in [0, 0.1) is 5.92 Å². The number of carbonyl (C=O) groups is 2. The van der Waals surface area contributed by atoms with Crippen LogP contribution in [-0.2, 0) is 19.1 Å². The molecule has 0 radical (unpaired) electrons. The molecule has 0 fully saturated rings. The first-order valence-electron chi connectivity index (χ1n) is 11.3. The lowest BCUT2D eigenvalue weighted by Crippen LogP contribution is -2.41. The molecule has 2 aromatic carbocycles. The van der Waals surface area contributed by atoms with Crippen molar-refractivity contribution in [2.45, 2.75) is 45.6 Å². The lowest BCUT2D eigenvalue weighted by Gasteiger charge is -2.34. The van der Waals surface area contributed by atoms with E-state index in [2.05, 4.69) is 10.6 Å². The number of benzene rings is 2. The molecule has 0 saturated carbocycles. The van der Waals surface area contributed by atoms with Gasteiger partial charge in [-0.25, -0.2) is 4.79 Å². The number of hydrogen-bond acceptors (Lipinski definition) is 6. The van der Waals surface area contributed by atoms with Crippen LogP contribution in [0.15, 0.2) is 71.9 Å². The van der Waals surface area contributed by atoms with Crippen LogP contribution in [0.25, 0.3) is 0 Å². The first-order valence-corrected chi connectivity index (χ1v) is 11.3. The molecule has 2 aromatic rings. The Morgan fingerprint density at radius 3 is 2.06 bits per heavy atom. The van der Waals surface area contributed by atoms with Crippen molar-refractivity contribution < 1.29 is 19.1 Å². The molecule has 0 saturated heterocycles. The van der Waals surface area contributed by atoms with Gasteiger partial charge in [-0.05, 0) is 37.1 Å². The average molecular weight is 437 g/mol. The first-order chi connectivity index (χ1) is 15.6. The number of hydrogen-bond donors (Lipinski definition) is 2. The predicted octanol–water partition coefficient (Wildman–Crippen LogP) is 5.15. The number of ether oxygens (including phenoxy) is 2. The predicted molar refractivity (Wildman–Crippen MR) is 126 cm³/mol. The van der Waals surface area contributed by atoms with Gasteiger partial charge in [0.25, 0.3) is 0 Å². The van der Waals surface area contributed by atoms with Crippen LogP contribution in [0.1, 0.15) is 39.5 Å². The van der Waals surface area contributed by atoms with E-state index in [0.717, 1.165) is 24.2 Å². The minimum atomic E-state index is -0.435. The summed E-state index contributed by atoms with van der Waals surface area (Å²) in [5, 5.41) is 6.80. The van der Waals surface area contributed by atoms with Gasteiger partial charge in [0, 0.05) is 36.0 Å². The van der Waals surface area contributed by atoms with Crippen molar-refractivity contribution in [1.29, 1.82) is 0 Å².